The maximum Gasteiger partial charge on any atom is 0.0894 e. The second-order valence-corrected chi connectivity index (χ2v) is 3.29. The van der Waals surface area contributed by atoms with Gasteiger partial charge in [-0.25, -0.2) is 0 Å². The van der Waals surface area contributed by atoms with Gasteiger partial charge in [-0.1, -0.05) is 0 Å². The van der Waals surface area contributed by atoms with Crippen LogP contribution in [0.15, 0.2) is 6.20 Å². The Labute approximate surface area is 70.4 Å². The van der Waals surface area contributed by atoms with Crippen molar-refractivity contribution in [1.82, 2.24) is 20.3 Å². The minimum atomic E-state index is -0.305. The molecule has 12 heavy (non-hydrogen) atoms. The van der Waals surface area contributed by atoms with E-state index in [4.69, 9.17) is 0 Å². The highest BCUT2D eigenvalue weighted by atomic mass is 16.3. The molecule has 2 heterocycles. The summed E-state index contributed by atoms with van der Waals surface area (Å²) >= 11 is 0. The van der Waals surface area contributed by atoms with E-state index in [1.165, 1.54) is 0 Å². The molecule has 1 aliphatic heterocycles. The first-order valence-corrected chi connectivity index (χ1v) is 3.99. The molecule has 2 unspecified atom stereocenters. The number of aliphatic hydroxyl groups excluding tert-OH is 1. The standard InChI is InChI=1S/C7H12N4O/c1-11-3-5(7(12)4-11)6-2-8-10-9-6/h2,5,7,12H,3-4H2,1H3,(H,8,9,10). The van der Waals surface area contributed by atoms with Crippen LogP contribution >= 0.6 is 0 Å². The molecule has 0 aliphatic carbocycles. The van der Waals surface area contributed by atoms with Crippen molar-refractivity contribution in [2.45, 2.75) is 12.0 Å². The molecule has 0 spiro atoms. The average molecular weight is 168 g/mol. The monoisotopic (exact) mass is 168 g/mol. The van der Waals surface area contributed by atoms with Gasteiger partial charge in [0.2, 0.25) is 0 Å². The fraction of sp³-hybridized carbons (Fsp3) is 0.714. The van der Waals surface area contributed by atoms with E-state index in [9.17, 15) is 5.11 Å². The van der Waals surface area contributed by atoms with Crippen molar-refractivity contribution in [2.24, 2.45) is 0 Å². The molecule has 2 rings (SSSR count). The van der Waals surface area contributed by atoms with Crippen LogP contribution in [0.4, 0.5) is 0 Å². The van der Waals surface area contributed by atoms with Gasteiger partial charge in [-0.3, -0.25) is 0 Å². The molecule has 2 N–H and O–H groups in total. The number of likely N-dealkylation sites (N-methyl/N-ethyl adjacent to an activating group) is 1. The van der Waals surface area contributed by atoms with Crippen molar-refractivity contribution in [1.29, 1.82) is 0 Å². The number of rotatable bonds is 1. The molecule has 0 saturated carbocycles. The van der Waals surface area contributed by atoms with Gasteiger partial charge in [-0.2, -0.15) is 15.4 Å². The molecule has 0 bridgehead atoms. The van der Waals surface area contributed by atoms with Gasteiger partial charge in [0, 0.05) is 19.0 Å². The summed E-state index contributed by atoms with van der Waals surface area (Å²) in [4.78, 5) is 2.09. The normalized spacial score (nSPS) is 31.2. The van der Waals surface area contributed by atoms with E-state index < -0.39 is 0 Å². The van der Waals surface area contributed by atoms with Gasteiger partial charge in [0.25, 0.3) is 0 Å². The predicted octanol–water partition coefficient (Wildman–Crippen LogP) is -0.805. The highest BCUT2D eigenvalue weighted by Crippen LogP contribution is 2.23. The van der Waals surface area contributed by atoms with Crippen LogP contribution in [0.5, 0.6) is 0 Å². The minimum Gasteiger partial charge on any atom is -0.391 e. The largest absolute Gasteiger partial charge is 0.391 e. The number of aromatic amines is 1. The first kappa shape index (κ1) is 7.70. The van der Waals surface area contributed by atoms with Crippen LogP contribution in [0.2, 0.25) is 0 Å². The molecule has 0 aromatic carbocycles. The van der Waals surface area contributed by atoms with Crippen LogP contribution in [0.1, 0.15) is 11.6 Å². The van der Waals surface area contributed by atoms with Crippen molar-refractivity contribution in [3.05, 3.63) is 11.9 Å². The first-order valence-electron chi connectivity index (χ1n) is 3.99. The van der Waals surface area contributed by atoms with Gasteiger partial charge < -0.3 is 10.0 Å². The smallest absolute Gasteiger partial charge is 0.0894 e. The summed E-state index contributed by atoms with van der Waals surface area (Å²) < 4.78 is 0. The molecule has 0 amide bonds. The van der Waals surface area contributed by atoms with Crippen LogP contribution in [0, 0.1) is 0 Å². The van der Waals surface area contributed by atoms with Crippen LogP contribution in [0.3, 0.4) is 0 Å². The summed E-state index contributed by atoms with van der Waals surface area (Å²) in [7, 11) is 1.99. The quantitative estimate of drug-likeness (QED) is 0.576. The number of β-amino-alcohol motifs (C(OH)–C–C–N with tert-alkyl or cyclic N) is 1. The number of hydrogen-bond acceptors (Lipinski definition) is 4. The second kappa shape index (κ2) is 2.84. The van der Waals surface area contributed by atoms with Crippen LogP contribution in [-0.4, -0.2) is 51.7 Å². The third kappa shape index (κ3) is 1.21. The SMILES string of the molecule is CN1CC(O)C(c2cn[nH]n2)C1. The fourth-order valence-electron chi connectivity index (χ4n) is 1.66. The maximum absolute atomic E-state index is 9.61. The Bertz CT molecular complexity index is 248. The lowest BCUT2D eigenvalue weighted by Gasteiger charge is -2.08. The molecule has 5 nitrogen and oxygen atoms in total. The summed E-state index contributed by atoms with van der Waals surface area (Å²) in [5.74, 6) is 0.119. The summed E-state index contributed by atoms with van der Waals surface area (Å²) in [6.07, 6.45) is 1.37. The molecule has 1 aromatic heterocycles. The maximum atomic E-state index is 9.61. The highest BCUT2D eigenvalue weighted by Gasteiger charge is 2.31. The molecular formula is C7H12N4O. The summed E-state index contributed by atoms with van der Waals surface area (Å²) in [6, 6.07) is 0. The average Bonchev–Trinajstić information content (AvgIpc) is 2.58. The van der Waals surface area contributed by atoms with E-state index >= 15 is 0 Å². The molecule has 1 aliphatic rings. The molecule has 1 fully saturated rings. The Hall–Kier alpha value is -0.940. The third-order valence-electron chi connectivity index (χ3n) is 2.29. The first-order chi connectivity index (χ1) is 5.77. The van der Waals surface area contributed by atoms with Crippen molar-refractivity contribution >= 4 is 0 Å². The topological polar surface area (TPSA) is 65.0 Å². The number of aliphatic hydroxyl groups is 1. The Morgan fingerprint density at radius 3 is 3.00 bits per heavy atom. The highest BCUT2D eigenvalue weighted by molar-refractivity contribution is 5.08. The molecule has 66 valence electrons. The number of nitrogens with zero attached hydrogens (tertiary/aromatic N) is 3. The van der Waals surface area contributed by atoms with Gasteiger partial charge >= 0.3 is 0 Å². The third-order valence-corrected chi connectivity index (χ3v) is 2.29. The molecule has 1 saturated heterocycles. The summed E-state index contributed by atoms with van der Waals surface area (Å²) in [5.41, 5.74) is 0.854. The van der Waals surface area contributed by atoms with Gasteiger partial charge in [0.15, 0.2) is 0 Å². The molecular weight excluding hydrogens is 156 g/mol. The van der Waals surface area contributed by atoms with Crippen molar-refractivity contribution in [3.8, 4) is 0 Å². The zero-order chi connectivity index (χ0) is 8.55. The lowest BCUT2D eigenvalue weighted by molar-refractivity contribution is 0.167. The van der Waals surface area contributed by atoms with E-state index in [1.807, 2.05) is 7.05 Å². The summed E-state index contributed by atoms with van der Waals surface area (Å²) in [5, 5.41) is 19.8. The number of hydrogen-bond donors (Lipinski definition) is 2. The van der Waals surface area contributed by atoms with Gasteiger partial charge in [0.05, 0.1) is 18.0 Å². The molecule has 1 aromatic rings. The van der Waals surface area contributed by atoms with E-state index in [0.29, 0.717) is 0 Å². The van der Waals surface area contributed by atoms with E-state index in [1.54, 1.807) is 6.20 Å². The lowest BCUT2D eigenvalue weighted by atomic mass is 10.0. The van der Waals surface area contributed by atoms with Crippen molar-refractivity contribution in [3.63, 3.8) is 0 Å². The molecule has 5 heteroatoms. The van der Waals surface area contributed by atoms with Crippen LogP contribution in [-0.2, 0) is 0 Å². The lowest BCUT2D eigenvalue weighted by Crippen LogP contribution is -2.17. The van der Waals surface area contributed by atoms with Crippen LogP contribution < -0.4 is 0 Å². The van der Waals surface area contributed by atoms with E-state index in [0.717, 1.165) is 18.8 Å². The Kier molecular flexibility index (Phi) is 1.82. The Morgan fingerprint density at radius 2 is 2.50 bits per heavy atom. The Morgan fingerprint density at radius 1 is 1.67 bits per heavy atom. The number of likely N-dealkylation sites (tertiary alicyclic amines) is 1. The van der Waals surface area contributed by atoms with Crippen molar-refractivity contribution in [2.75, 3.05) is 20.1 Å². The second-order valence-electron chi connectivity index (χ2n) is 3.29. The van der Waals surface area contributed by atoms with Crippen molar-refractivity contribution < 1.29 is 5.11 Å². The zero-order valence-electron chi connectivity index (χ0n) is 6.94. The van der Waals surface area contributed by atoms with Gasteiger partial charge in [-0.05, 0) is 7.05 Å². The van der Waals surface area contributed by atoms with Gasteiger partial charge in [0.1, 0.15) is 0 Å². The molecule has 2 atom stereocenters. The summed E-state index contributed by atoms with van der Waals surface area (Å²) in [6.45, 7) is 1.57. The number of H-pyrrole nitrogens is 1. The predicted molar refractivity (Wildman–Crippen MR) is 42.6 cm³/mol. The minimum absolute atomic E-state index is 0.119. The van der Waals surface area contributed by atoms with Crippen LogP contribution in [0.25, 0.3) is 0 Å². The van der Waals surface area contributed by atoms with E-state index in [-0.39, 0.29) is 12.0 Å². The molecule has 0 radical (unpaired) electrons. The number of aromatic nitrogens is 3. The fourth-order valence-corrected chi connectivity index (χ4v) is 1.66. The Balaban J connectivity index is 2.15. The number of nitrogens with one attached hydrogen (secondary N) is 1. The van der Waals surface area contributed by atoms with Gasteiger partial charge in [-0.15, -0.1) is 0 Å². The van der Waals surface area contributed by atoms with E-state index in [2.05, 4.69) is 20.3 Å². The zero-order valence-corrected chi connectivity index (χ0v) is 6.94.